The third-order valence-corrected chi connectivity index (χ3v) is 3.37. The Bertz CT molecular complexity index is 169. The van der Waals surface area contributed by atoms with Gasteiger partial charge in [0.2, 0.25) is 0 Å². The Morgan fingerprint density at radius 3 is 2.88 bits per heavy atom. The van der Waals surface area contributed by atoms with Gasteiger partial charge >= 0.3 is 0 Å². The molecule has 2 atom stereocenters. The van der Waals surface area contributed by atoms with Crippen molar-refractivity contribution in [3.8, 4) is 0 Å². The standard InChI is InChI=1S/C13H28N2O/c1-3-5-13(14)7-8-15(2)10-12-6-4-9-16-11-12/h12-13H,3-11,14H2,1-2H3. The summed E-state index contributed by atoms with van der Waals surface area (Å²) in [5.41, 5.74) is 6.01. The van der Waals surface area contributed by atoms with Crippen LogP contribution >= 0.6 is 0 Å². The maximum atomic E-state index is 6.01. The fraction of sp³-hybridized carbons (Fsp3) is 1.00. The maximum Gasteiger partial charge on any atom is 0.0506 e. The highest BCUT2D eigenvalue weighted by Gasteiger charge is 2.15. The van der Waals surface area contributed by atoms with Crippen LogP contribution in [0.5, 0.6) is 0 Å². The average Bonchev–Trinajstić information content (AvgIpc) is 2.28. The third-order valence-electron chi connectivity index (χ3n) is 3.37. The molecule has 3 heteroatoms. The van der Waals surface area contributed by atoms with Gasteiger partial charge in [-0.3, -0.25) is 0 Å². The molecule has 96 valence electrons. The van der Waals surface area contributed by atoms with E-state index in [1.165, 1.54) is 25.8 Å². The Labute approximate surface area is 100 Å². The second kappa shape index (κ2) is 8.04. The van der Waals surface area contributed by atoms with Gasteiger partial charge in [0.25, 0.3) is 0 Å². The lowest BCUT2D eigenvalue weighted by Crippen LogP contribution is -2.34. The van der Waals surface area contributed by atoms with Crippen molar-refractivity contribution in [1.82, 2.24) is 4.90 Å². The van der Waals surface area contributed by atoms with Crippen LogP contribution in [0.1, 0.15) is 39.0 Å². The molecular weight excluding hydrogens is 200 g/mol. The predicted molar refractivity (Wildman–Crippen MR) is 68.5 cm³/mol. The molecule has 2 N–H and O–H groups in total. The first-order valence-corrected chi connectivity index (χ1v) is 6.74. The molecule has 1 aliphatic heterocycles. The molecule has 0 spiro atoms. The number of ether oxygens (including phenoxy) is 1. The summed E-state index contributed by atoms with van der Waals surface area (Å²) in [5, 5.41) is 0. The van der Waals surface area contributed by atoms with Gasteiger partial charge in [-0.15, -0.1) is 0 Å². The topological polar surface area (TPSA) is 38.5 Å². The van der Waals surface area contributed by atoms with Crippen molar-refractivity contribution in [2.45, 2.75) is 45.1 Å². The van der Waals surface area contributed by atoms with Gasteiger partial charge in [0, 0.05) is 19.2 Å². The normalized spacial score (nSPS) is 23.6. The van der Waals surface area contributed by atoms with E-state index in [1.54, 1.807) is 0 Å². The van der Waals surface area contributed by atoms with Gasteiger partial charge in [0.1, 0.15) is 0 Å². The van der Waals surface area contributed by atoms with Crippen LogP contribution in [-0.2, 0) is 4.74 Å². The Balaban J connectivity index is 2.07. The minimum absolute atomic E-state index is 0.384. The summed E-state index contributed by atoms with van der Waals surface area (Å²) in [6, 6.07) is 0.384. The van der Waals surface area contributed by atoms with E-state index in [-0.39, 0.29) is 0 Å². The SMILES string of the molecule is CCCC(N)CCN(C)CC1CCCOC1. The van der Waals surface area contributed by atoms with Crippen LogP contribution in [-0.4, -0.2) is 44.3 Å². The van der Waals surface area contributed by atoms with Crippen LogP contribution in [0.15, 0.2) is 0 Å². The van der Waals surface area contributed by atoms with Gasteiger partial charge in [0.15, 0.2) is 0 Å². The molecule has 0 aromatic rings. The van der Waals surface area contributed by atoms with Gasteiger partial charge in [-0.05, 0) is 45.2 Å². The lowest BCUT2D eigenvalue weighted by Gasteiger charge is -2.27. The van der Waals surface area contributed by atoms with Gasteiger partial charge in [-0.1, -0.05) is 13.3 Å². The molecule has 1 rings (SSSR count). The van der Waals surface area contributed by atoms with Gasteiger partial charge in [-0.2, -0.15) is 0 Å². The molecule has 1 fully saturated rings. The van der Waals surface area contributed by atoms with E-state index in [4.69, 9.17) is 10.5 Å². The first-order valence-electron chi connectivity index (χ1n) is 6.74. The number of nitrogens with two attached hydrogens (primary N) is 1. The zero-order valence-corrected chi connectivity index (χ0v) is 11.0. The fourth-order valence-electron chi connectivity index (χ4n) is 2.38. The Morgan fingerprint density at radius 1 is 1.44 bits per heavy atom. The molecule has 1 aliphatic rings. The van der Waals surface area contributed by atoms with Gasteiger partial charge < -0.3 is 15.4 Å². The van der Waals surface area contributed by atoms with Crippen LogP contribution in [0.2, 0.25) is 0 Å². The quantitative estimate of drug-likeness (QED) is 0.723. The molecule has 1 heterocycles. The summed E-state index contributed by atoms with van der Waals surface area (Å²) < 4.78 is 5.50. The predicted octanol–water partition coefficient (Wildman–Crippen LogP) is 1.86. The van der Waals surface area contributed by atoms with Gasteiger partial charge in [0.05, 0.1) is 6.61 Å². The molecular formula is C13H28N2O. The molecule has 0 amide bonds. The van der Waals surface area contributed by atoms with Crippen molar-refractivity contribution >= 4 is 0 Å². The van der Waals surface area contributed by atoms with Crippen LogP contribution in [0.3, 0.4) is 0 Å². The number of rotatable bonds is 7. The lowest BCUT2D eigenvalue weighted by atomic mass is 10.0. The highest BCUT2D eigenvalue weighted by Crippen LogP contribution is 2.14. The second-order valence-corrected chi connectivity index (χ2v) is 5.18. The van der Waals surface area contributed by atoms with Gasteiger partial charge in [-0.25, -0.2) is 0 Å². The number of hydrogen-bond acceptors (Lipinski definition) is 3. The molecule has 16 heavy (non-hydrogen) atoms. The molecule has 3 nitrogen and oxygen atoms in total. The summed E-state index contributed by atoms with van der Waals surface area (Å²) in [7, 11) is 2.20. The zero-order valence-electron chi connectivity index (χ0n) is 11.0. The molecule has 0 aromatic heterocycles. The Kier molecular flexibility index (Phi) is 7.01. The smallest absolute Gasteiger partial charge is 0.0506 e. The number of hydrogen-bond donors (Lipinski definition) is 1. The van der Waals surface area contributed by atoms with E-state index >= 15 is 0 Å². The average molecular weight is 228 g/mol. The minimum Gasteiger partial charge on any atom is -0.381 e. The molecule has 2 unspecified atom stereocenters. The zero-order chi connectivity index (χ0) is 11.8. The van der Waals surface area contributed by atoms with E-state index in [0.717, 1.165) is 38.5 Å². The molecule has 1 saturated heterocycles. The van der Waals surface area contributed by atoms with Crippen LogP contribution in [0, 0.1) is 5.92 Å². The molecule has 0 aliphatic carbocycles. The summed E-state index contributed by atoms with van der Waals surface area (Å²) >= 11 is 0. The van der Waals surface area contributed by atoms with E-state index in [9.17, 15) is 0 Å². The Morgan fingerprint density at radius 2 is 2.25 bits per heavy atom. The highest BCUT2D eigenvalue weighted by atomic mass is 16.5. The largest absolute Gasteiger partial charge is 0.381 e. The van der Waals surface area contributed by atoms with Crippen LogP contribution in [0.25, 0.3) is 0 Å². The van der Waals surface area contributed by atoms with Crippen molar-refractivity contribution in [2.24, 2.45) is 11.7 Å². The summed E-state index contributed by atoms with van der Waals surface area (Å²) in [6.07, 6.45) is 6.03. The first kappa shape index (κ1) is 13.9. The molecule has 0 aromatic carbocycles. The third kappa shape index (κ3) is 5.83. The maximum absolute atomic E-state index is 6.01. The van der Waals surface area contributed by atoms with Crippen molar-refractivity contribution in [3.63, 3.8) is 0 Å². The monoisotopic (exact) mass is 228 g/mol. The van der Waals surface area contributed by atoms with E-state index in [1.807, 2.05) is 0 Å². The first-order chi connectivity index (χ1) is 7.72. The summed E-state index contributed by atoms with van der Waals surface area (Å²) in [5.74, 6) is 0.737. The minimum atomic E-state index is 0.384. The highest BCUT2D eigenvalue weighted by molar-refractivity contribution is 4.69. The van der Waals surface area contributed by atoms with Crippen LogP contribution in [0.4, 0.5) is 0 Å². The number of nitrogens with zero attached hydrogens (tertiary/aromatic N) is 1. The van der Waals surface area contributed by atoms with Crippen molar-refractivity contribution < 1.29 is 4.74 Å². The molecule has 0 radical (unpaired) electrons. The van der Waals surface area contributed by atoms with E-state index < -0.39 is 0 Å². The second-order valence-electron chi connectivity index (χ2n) is 5.18. The summed E-state index contributed by atoms with van der Waals surface area (Å²) in [4.78, 5) is 2.41. The Hall–Kier alpha value is -0.120. The molecule has 0 saturated carbocycles. The van der Waals surface area contributed by atoms with Crippen molar-refractivity contribution in [2.75, 3.05) is 33.4 Å². The van der Waals surface area contributed by atoms with E-state index in [2.05, 4.69) is 18.9 Å². The summed E-state index contributed by atoms with van der Waals surface area (Å²) in [6.45, 7) is 6.40. The van der Waals surface area contributed by atoms with Crippen molar-refractivity contribution in [1.29, 1.82) is 0 Å². The van der Waals surface area contributed by atoms with Crippen LogP contribution < -0.4 is 5.73 Å². The van der Waals surface area contributed by atoms with E-state index in [0.29, 0.717) is 6.04 Å². The lowest BCUT2D eigenvalue weighted by molar-refractivity contribution is 0.0417. The van der Waals surface area contributed by atoms with Crippen molar-refractivity contribution in [3.05, 3.63) is 0 Å². The fourth-order valence-corrected chi connectivity index (χ4v) is 2.38. The molecule has 0 bridgehead atoms.